The molecule has 0 spiro atoms. The summed E-state index contributed by atoms with van der Waals surface area (Å²) in [5.41, 5.74) is 12.1. The number of thiocarbonyl (C=S) groups is 2. The van der Waals surface area contributed by atoms with Gasteiger partial charge in [-0.15, -0.1) is 0 Å². The second-order valence-corrected chi connectivity index (χ2v) is 4.98. The van der Waals surface area contributed by atoms with Gasteiger partial charge in [0.05, 0.1) is 19.0 Å². The van der Waals surface area contributed by atoms with E-state index < -0.39 is 0 Å². The van der Waals surface area contributed by atoms with E-state index in [4.69, 9.17) is 22.7 Å². The quantitative estimate of drug-likeness (QED) is 0.347. The minimum Gasteiger partial charge on any atom is -0.497 e. The standard InChI is InChI=1S/C13H18N6OS2/c1-9(17-18-12(14)21)7-16-19-13(22)15-8-10-3-5-11(20-2)6-4-10/h3-7H,8H2,1-2H3,(H3,14,18,21)(H2,15,19,22)/b16-7-,17-9-. The van der Waals surface area contributed by atoms with Crippen molar-refractivity contribution < 1.29 is 4.74 Å². The maximum Gasteiger partial charge on any atom is 0.187 e. The van der Waals surface area contributed by atoms with Crippen molar-refractivity contribution in [2.45, 2.75) is 13.5 Å². The summed E-state index contributed by atoms with van der Waals surface area (Å²) >= 11 is 9.73. The van der Waals surface area contributed by atoms with Crippen LogP contribution in [-0.4, -0.2) is 29.3 Å². The number of methoxy groups -OCH3 is 1. The number of hydrazone groups is 2. The number of benzene rings is 1. The first-order chi connectivity index (χ1) is 10.5. The third-order valence-electron chi connectivity index (χ3n) is 2.37. The van der Waals surface area contributed by atoms with E-state index in [1.807, 2.05) is 24.3 Å². The number of ether oxygens (including phenoxy) is 1. The molecule has 0 unspecified atom stereocenters. The Morgan fingerprint density at radius 2 is 1.95 bits per heavy atom. The molecule has 5 N–H and O–H groups in total. The highest BCUT2D eigenvalue weighted by atomic mass is 32.1. The minimum atomic E-state index is 0.0948. The zero-order valence-corrected chi connectivity index (χ0v) is 13.9. The van der Waals surface area contributed by atoms with Crippen LogP contribution in [0.5, 0.6) is 5.75 Å². The molecule has 0 fully saturated rings. The van der Waals surface area contributed by atoms with Gasteiger partial charge in [0, 0.05) is 6.54 Å². The number of nitrogens with two attached hydrogens (primary N) is 1. The fourth-order valence-corrected chi connectivity index (χ4v) is 1.49. The fraction of sp³-hybridized carbons (Fsp3) is 0.231. The molecule has 0 aliphatic rings. The third kappa shape index (κ3) is 7.50. The van der Waals surface area contributed by atoms with Gasteiger partial charge in [-0.1, -0.05) is 12.1 Å². The van der Waals surface area contributed by atoms with Crippen molar-refractivity contribution in [2.24, 2.45) is 15.9 Å². The van der Waals surface area contributed by atoms with Gasteiger partial charge in [0.25, 0.3) is 0 Å². The number of hydrogen-bond donors (Lipinski definition) is 4. The van der Waals surface area contributed by atoms with E-state index in [0.29, 0.717) is 17.4 Å². The molecule has 0 saturated heterocycles. The Balaban J connectivity index is 2.33. The highest BCUT2D eigenvalue weighted by Crippen LogP contribution is 2.10. The first kappa shape index (κ1) is 17.8. The molecule has 1 rings (SSSR count). The lowest BCUT2D eigenvalue weighted by Crippen LogP contribution is -2.31. The average Bonchev–Trinajstić information content (AvgIpc) is 2.51. The van der Waals surface area contributed by atoms with Gasteiger partial charge in [0.1, 0.15) is 5.75 Å². The molecule has 7 nitrogen and oxygen atoms in total. The van der Waals surface area contributed by atoms with Crippen LogP contribution in [0.1, 0.15) is 12.5 Å². The smallest absolute Gasteiger partial charge is 0.187 e. The van der Waals surface area contributed by atoms with Crippen LogP contribution < -0.4 is 26.6 Å². The van der Waals surface area contributed by atoms with E-state index in [1.165, 1.54) is 6.21 Å². The summed E-state index contributed by atoms with van der Waals surface area (Å²) in [6.45, 7) is 2.33. The number of nitrogens with one attached hydrogen (secondary N) is 3. The van der Waals surface area contributed by atoms with Crippen molar-refractivity contribution in [3.05, 3.63) is 29.8 Å². The topological polar surface area (TPSA) is 96.1 Å². The van der Waals surface area contributed by atoms with Gasteiger partial charge < -0.3 is 15.8 Å². The van der Waals surface area contributed by atoms with E-state index in [9.17, 15) is 0 Å². The summed E-state index contributed by atoms with van der Waals surface area (Å²) in [4.78, 5) is 0. The summed E-state index contributed by atoms with van der Waals surface area (Å²) in [6.07, 6.45) is 1.49. The molecular weight excluding hydrogens is 320 g/mol. The predicted octanol–water partition coefficient (Wildman–Crippen LogP) is 0.854. The van der Waals surface area contributed by atoms with Gasteiger partial charge in [-0.25, -0.2) is 0 Å². The van der Waals surface area contributed by atoms with Crippen LogP contribution in [0.4, 0.5) is 0 Å². The Bertz CT molecular complexity index is 570. The lowest BCUT2D eigenvalue weighted by molar-refractivity contribution is 0.414. The molecule has 0 heterocycles. The van der Waals surface area contributed by atoms with Crippen LogP contribution in [0.25, 0.3) is 0 Å². The predicted molar refractivity (Wildman–Crippen MR) is 97.1 cm³/mol. The largest absolute Gasteiger partial charge is 0.497 e. The van der Waals surface area contributed by atoms with E-state index in [2.05, 4.69) is 38.6 Å². The maximum atomic E-state index is 5.25. The maximum absolute atomic E-state index is 5.25. The molecule has 0 bridgehead atoms. The summed E-state index contributed by atoms with van der Waals surface area (Å²) in [7, 11) is 1.63. The summed E-state index contributed by atoms with van der Waals surface area (Å²) < 4.78 is 5.10. The first-order valence-corrected chi connectivity index (χ1v) is 7.12. The molecule has 118 valence electrons. The molecule has 0 aliphatic carbocycles. The van der Waals surface area contributed by atoms with Crippen molar-refractivity contribution in [1.29, 1.82) is 0 Å². The zero-order valence-electron chi connectivity index (χ0n) is 12.3. The van der Waals surface area contributed by atoms with Crippen LogP contribution in [0.2, 0.25) is 0 Å². The van der Waals surface area contributed by atoms with Gasteiger partial charge in [-0.2, -0.15) is 10.2 Å². The Labute approximate surface area is 140 Å². The molecule has 0 aliphatic heterocycles. The van der Waals surface area contributed by atoms with Crippen LogP contribution in [0.3, 0.4) is 0 Å². The van der Waals surface area contributed by atoms with Crippen molar-refractivity contribution in [3.8, 4) is 5.75 Å². The Kier molecular flexibility index (Phi) is 7.79. The molecular formula is C13H18N6OS2. The molecule has 1 aromatic carbocycles. The number of rotatable bonds is 6. The van der Waals surface area contributed by atoms with Crippen LogP contribution >= 0.6 is 24.4 Å². The summed E-state index contributed by atoms with van der Waals surface area (Å²) in [6, 6.07) is 7.69. The molecule has 0 aromatic heterocycles. The number of hydrogen-bond acceptors (Lipinski definition) is 5. The van der Waals surface area contributed by atoms with Gasteiger partial charge in [-0.3, -0.25) is 10.9 Å². The number of nitrogens with zero attached hydrogens (tertiary/aromatic N) is 2. The molecule has 0 atom stereocenters. The fourth-order valence-electron chi connectivity index (χ4n) is 1.32. The van der Waals surface area contributed by atoms with E-state index >= 15 is 0 Å². The Hall–Kier alpha value is -2.26. The van der Waals surface area contributed by atoms with Crippen molar-refractivity contribution in [2.75, 3.05) is 7.11 Å². The second kappa shape index (κ2) is 9.64. The first-order valence-electron chi connectivity index (χ1n) is 6.31. The van der Waals surface area contributed by atoms with E-state index in [0.717, 1.165) is 11.3 Å². The lowest BCUT2D eigenvalue weighted by Gasteiger charge is -2.07. The molecule has 9 heteroatoms. The summed E-state index contributed by atoms with van der Waals surface area (Å²) in [5.74, 6) is 0.814. The van der Waals surface area contributed by atoms with Crippen LogP contribution in [-0.2, 0) is 6.54 Å². The van der Waals surface area contributed by atoms with Crippen LogP contribution in [0, 0.1) is 0 Å². The highest BCUT2D eigenvalue weighted by molar-refractivity contribution is 7.80. The summed E-state index contributed by atoms with van der Waals surface area (Å²) in [5, 5.41) is 11.3. The molecule has 1 aromatic rings. The monoisotopic (exact) mass is 338 g/mol. The Morgan fingerprint density at radius 1 is 1.27 bits per heavy atom. The second-order valence-electron chi connectivity index (χ2n) is 4.13. The minimum absolute atomic E-state index is 0.0948. The van der Waals surface area contributed by atoms with E-state index in [-0.39, 0.29) is 5.11 Å². The average molecular weight is 338 g/mol. The Morgan fingerprint density at radius 3 is 2.55 bits per heavy atom. The van der Waals surface area contributed by atoms with Gasteiger partial charge in [0.2, 0.25) is 0 Å². The molecule has 0 saturated carbocycles. The van der Waals surface area contributed by atoms with E-state index in [1.54, 1.807) is 14.0 Å². The van der Waals surface area contributed by atoms with Gasteiger partial charge >= 0.3 is 0 Å². The highest BCUT2D eigenvalue weighted by Gasteiger charge is 1.96. The van der Waals surface area contributed by atoms with Gasteiger partial charge in [-0.05, 0) is 49.1 Å². The van der Waals surface area contributed by atoms with Crippen molar-refractivity contribution in [3.63, 3.8) is 0 Å². The zero-order chi connectivity index (χ0) is 16.4. The SMILES string of the molecule is COc1ccc(CNC(=S)N/N=C\C(C)=N/NC(N)=S)cc1. The normalized spacial score (nSPS) is 11.1. The third-order valence-corrected chi connectivity index (χ3v) is 2.70. The molecule has 22 heavy (non-hydrogen) atoms. The lowest BCUT2D eigenvalue weighted by atomic mass is 10.2. The van der Waals surface area contributed by atoms with Gasteiger partial charge in [0.15, 0.2) is 10.2 Å². The van der Waals surface area contributed by atoms with Crippen LogP contribution in [0.15, 0.2) is 34.5 Å². The molecule has 0 radical (unpaired) electrons. The molecule has 0 amide bonds. The van der Waals surface area contributed by atoms with Crippen molar-refractivity contribution >= 4 is 46.6 Å². The van der Waals surface area contributed by atoms with Crippen molar-refractivity contribution in [1.82, 2.24) is 16.2 Å².